The van der Waals surface area contributed by atoms with Gasteiger partial charge in [0, 0.05) is 59.4 Å². The summed E-state index contributed by atoms with van der Waals surface area (Å²) in [6.45, 7) is 0. The summed E-state index contributed by atoms with van der Waals surface area (Å²) in [5, 5.41) is 0. The van der Waals surface area contributed by atoms with E-state index in [9.17, 15) is 0 Å². The summed E-state index contributed by atoms with van der Waals surface area (Å²) < 4.78 is 0. The van der Waals surface area contributed by atoms with Crippen LogP contribution < -0.4 is 0 Å². The Labute approximate surface area is 133 Å². The summed E-state index contributed by atoms with van der Waals surface area (Å²) in [5.74, 6) is 0. The molecule has 0 bridgehead atoms. The minimum atomic E-state index is 0.933. The third-order valence-electron chi connectivity index (χ3n) is 3.74. The van der Waals surface area contributed by atoms with Gasteiger partial charge in [-0.3, -0.25) is 15.0 Å². The van der Waals surface area contributed by atoms with Crippen LogP contribution in [0.3, 0.4) is 0 Å². The fourth-order valence-electron chi connectivity index (χ4n) is 2.70. The molecule has 0 radical (unpaired) electrons. The van der Waals surface area contributed by atoms with E-state index in [2.05, 4.69) is 26.0 Å². The van der Waals surface area contributed by atoms with Crippen molar-refractivity contribution in [3.05, 3.63) is 79.6 Å². The first kappa shape index (κ1) is 13.4. The molecule has 4 heterocycles. The summed E-state index contributed by atoms with van der Waals surface area (Å²) in [5.41, 5.74) is 6.28. The number of aromatic amines is 1. The monoisotopic (exact) mass is 298 g/mol. The van der Waals surface area contributed by atoms with E-state index in [1.165, 1.54) is 0 Å². The van der Waals surface area contributed by atoms with Crippen LogP contribution in [-0.2, 0) is 0 Å². The molecule has 0 fully saturated rings. The molecule has 23 heavy (non-hydrogen) atoms. The molecule has 0 unspecified atom stereocenters. The van der Waals surface area contributed by atoms with Crippen LogP contribution in [0.25, 0.3) is 33.6 Å². The number of hydrogen-bond acceptors (Lipinski definition) is 3. The number of nitrogens with one attached hydrogen (secondary N) is 1. The van der Waals surface area contributed by atoms with E-state index >= 15 is 0 Å². The molecule has 0 aliphatic carbocycles. The lowest BCUT2D eigenvalue weighted by Crippen LogP contribution is -1.87. The van der Waals surface area contributed by atoms with Crippen LogP contribution in [0, 0.1) is 0 Å². The molecule has 4 aromatic heterocycles. The first-order chi connectivity index (χ1) is 11.4. The summed E-state index contributed by atoms with van der Waals surface area (Å²) in [7, 11) is 0. The molecular weight excluding hydrogens is 284 g/mol. The van der Waals surface area contributed by atoms with E-state index in [1.54, 1.807) is 18.6 Å². The van der Waals surface area contributed by atoms with E-state index in [4.69, 9.17) is 0 Å². The van der Waals surface area contributed by atoms with Gasteiger partial charge in [-0.05, 0) is 30.3 Å². The predicted molar refractivity (Wildman–Crippen MR) is 90.5 cm³/mol. The van der Waals surface area contributed by atoms with Gasteiger partial charge in [0.15, 0.2) is 0 Å². The molecule has 0 aliphatic heterocycles. The van der Waals surface area contributed by atoms with Gasteiger partial charge in [-0.1, -0.05) is 12.1 Å². The molecular formula is C19H14N4. The zero-order valence-electron chi connectivity index (χ0n) is 12.3. The van der Waals surface area contributed by atoms with Gasteiger partial charge in [0.1, 0.15) is 0 Å². The maximum absolute atomic E-state index is 4.49. The van der Waals surface area contributed by atoms with E-state index in [0.29, 0.717) is 0 Å². The molecule has 0 spiro atoms. The second kappa shape index (κ2) is 5.85. The summed E-state index contributed by atoms with van der Waals surface area (Å²) in [4.78, 5) is 16.2. The first-order valence-electron chi connectivity index (χ1n) is 7.37. The molecule has 0 atom stereocenters. The summed E-state index contributed by atoms with van der Waals surface area (Å²) in [6.07, 6.45) is 11.1. The van der Waals surface area contributed by atoms with Gasteiger partial charge in [0.25, 0.3) is 0 Å². The third-order valence-corrected chi connectivity index (χ3v) is 3.74. The van der Waals surface area contributed by atoms with Crippen molar-refractivity contribution in [1.82, 2.24) is 19.9 Å². The Balaban J connectivity index is 1.97. The fourth-order valence-corrected chi connectivity index (χ4v) is 2.70. The van der Waals surface area contributed by atoms with Crippen LogP contribution in [0.15, 0.2) is 79.6 Å². The molecule has 0 aliphatic rings. The number of hydrogen-bond donors (Lipinski definition) is 1. The topological polar surface area (TPSA) is 54.5 Å². The number of aromatic nitrogens is 4. The van der Waals surface area contributed by atoms with Crippen molar-refractivity contribution in [2.45, 2.75) is 0 Å². The highest BCUT2D eigenvalue weighted by Crippen LogP contribution is 2.38. The van der Waals surface area contributed by atoms with Gasteiger partial charge in [-0.25, -0.2) is 0 Å². The van der Waals surface area contributed by atoms with Crippen LogP contribution in [0.2, 0.25) is 0 Å². The molecule has 0 saturated heterocycles. The smallest absolute Gasteiger partial charge is 0.0723 e. The van der Waals surface area contributed by atoms with E-state index < -0.39 is 0 Å². The zero-order chi connectivity index (χ0) is 15.5. The largest absolute Gasteiger partial charge is 0.360 e. The Morgan fingerprint density at radius 2 is 1.65 bits per heavy atom. The van der Waals surface area contributed by atoms with Crippen molar-refractivity contribution in [3.8, 4) is 33.6 Å². The number of H-pyrrole nitrogens is 1. The maximum atomic E-state index is 4.49. The molecule has 4 rings (SSSR count). The van der Waals surface area contributed by atoms with Crippen molar-refractivity contribution in [1.29, 1.82) is 0 Å². The standard InChI is InChI=1S/C19H14N4/c1-2-9-22-17(5-1)16-13-23-19(14-6-10-20-11-7-14)18(16)15-4-3-8-21-12-15/h1-13,23H. The SMILES string of the molecule is c1ccc(-c2c[nH]c(-c3ccncc3)c2-c2cccnc2)nc1. The molecule has 0 amide bonds. The van der Waals surface area contributed by atoms with Crippen molar-refractivity contribution in [2.75, 3.05) is 0 Å². The van der Waals surface area contributed by atoms with E-state index in [0.717, 1.165) is 33.6 Å². The fraction of sp³-hybridized carbons (Fsp3) is 0. The molecule has 0 saturated carbocycles. The maximum Gasteiger partial charge on any atom is 0.0723 e. The van der Waals surface area contributed by atoms with Crippen LogP contribution in [0.1, 0.15) is 0 Å². The van der Waals surface area contributed by atoms with Crippen molar-refractivity contribution < 1.29 is 0 Å². The average molecular weight is 298 g/mol. The molecule has 0 aromatic carbocycles. The molecule has 4 aromatic rings. The molecule has 110 valence electrons. The van der Waals surface area contributed by atoms with Crippen molar-refractivity contribution in [2.24, 2.45) is 0 Å². The lowest BCUT2D eigenvalue weighted by Gasteiger charge is -2.07. The van der Waals surface area contributed by atoms with E-state index in [-0.39, 0.29) is 0 Å². The normalized spacial score (nSPS) is 10.6. The third kappa shape index (κ3) is 2.51. The average Bonchev–Trinajstić information content (AvgIpc) is 3.09. The Bertz CT molecular complexity index is 843. The van der Waals surface area contributed by atoms with Crippen LogP contribution in [0.5, 0.6) is 0 Å². The molecule has 4 nitrogen and oxygen atoms in total. The second-order valence-corrected chi connectivity index (χ2v) is 5.14. The van der Waals surface area contributed by atoms with Gasteiger partial charge in [0.05, 0.1) is 11.4 Å². The van der Waals surface area contributed by atoms with Gasteiger partial charge in [-0.2, -0.15) is 0 Å². The quantitative estimate of drug-likeness (QED) is 0.616. The number of rotatable bonds is 3. The Morgan fingerprint density at radius 1 is 0.739 bits per heavy atom. The van der Waals surface area contributed by atoms with Crippen molar-refractivity contribution in [3.63, 3.8) is 0 Å². The highest BCUT2D eigenvalue weighted by Gasteiger charge is 2.16. The first-order valence-corrected chi connectivity index (χ1v) is 7.37. The van der Waals surface area contributed by atoms with Gasteiger partial charge in [-0.15, -0.1) is 0 Å². The lowest BCUT2D eigenvalue weighted by atomic mass is 9.98. The van der Waals surface area contributed by atoms with Gasteiger partial charge in [0.2, 0.25) is 0 Å². The van der Waals surface area contributed by atoms with Gasteiger partial charge < -0.3 is 4.98 Å². The van der Waals surface area contributed by atoms with Crippen LogP contribution in [0.4, 0.5) is 0 Å². The Morgan fingerprint density at radius 3 is 2.39 bits per heavy atom. The van der Waals surface area contributed by atoms with Gasteiger partial charge >= 0.3 is 0 Å². The minimum absolute atomic E-state index is 0.933. The second-order valence-electron chi connectivity index (χ2n) is 5.14. The highest BCUT2D eigenvalue weighted by molar-refractivity contribution is 5.92. The summed E-state index contributed by atoms with van der Waals surface area (Å²) in [6, 6.07) is 13.9. The zero-order valence-corrected chi connectivity index (χ0v) is 12.3. The lowest BCUT2D eigenvalue weighted by molar-refractivity contribution is 1.31. The number of pyridine rings is 3. The molecule has 4 heteroatoms. The summed E-state index contributed by atoms with van der Waals surface area (Å²) >= 11 is 0. The van der Waals surface area contributed by atoms with E-state index in [1.807, 2.05) is 55.0 Å². The highest BCUT2D eigenvalue weighted by atomic mass is 14.7. The number of nitrogens with zero attached hydrogens (tertiary/aromatic N) is 3. The van der Waals surface area contributed by atoms with Crippen molar-refractivity contribution >= 4 is 0 Å². The Kier molecular flexibility index (Phi) is 3.41. The predicted octanol–water partition coefficient (Wildman–Crippen LogP) is 4.20. The molecule has 1 N–H and O–H groups in total. The van der Waals surface area contributed by atoms with Crippen LogP contribution in [-0.4, -0.2) is 19.9 Å². The van der Waals surface area contributed by atoms with Crippen LogP contribution >= 0.6 is 0 Å². The minimum Gasteiger partial charge on any atom is -0.360 e. The Hall–Kier alpha value is -3.27.